The fourth-order valence-electron chi connectivity index (χ4n) is 9.32. The van der Waals surface area contributed by atoms with E-state index < -0.39 is 0 Å². The van der Waals surface area contributed by atoms with Gasteiger partial charge in [0.15, 0.2) is 0 Å². The van der Waals surface area contributed by atoms with Gasteiger partial charge in [0.2, 0.25) is 0 Å². The van der Waals surface area contributed by atoms with Crippen LogP contribution in [0.25, 0.3) is 0 Å². The van der Waals surface area contributed by atoms with Gasteiger partial charge in [-0.2, -0.15) is 0 Å². The first kappa shape index (κ1) is 24.1. The summed E-state index contributed by atoms with van der Waals surface area (Å²) < 4.78 is 10.8. The molecule has 0 aromatic heterocycles. The minimum Gasteiger partial charge on any atom is -0.466 e. The molecule has 4 aliphatic carbocycles. The van der Waals surface area contributed by atoms with Gasteiger partial charge in [-0.25, -0.2) is 0 Å². The van der Waals surface area contributed by atoms with Crippen LogP contribution in [0.2, 0.25) is 0 Å². The molecule has 4 saturated carbocycles. The van der Waals surface area contributed by atoms with Crippen molar-refractivity contribution in [2.75, 3.05) is 6.61 Å². The summed E-state index contributed by atoms with van der Waals surface area (Å²) in [6, 6.07) is 0. The molecule has 182 valence electrons. The van der Waals surface area contributed by atoms with E-state index in [4.69, 9.17) is 9.47 Å². The van der Waals surface area contributed by atoms with Gasteiger partial charge in [0.1, 0.15) is 6.10 Å². The molecule has 4 aliphatic rings. The predicted octanol–water partition coefficient (Wildman–Crippen LogP) is 6.56. The Morgan fingerprint density at radius 3 is 2.41 bits per heavy atom. The molecule has 9 atom stereocenters. The Labute approximate surface area is 195 Å². The van der Waals surface area contributed by atoms with E-state index in [2.05, 4.69) is 20.8 Å². The number of hydrogen-bond acceptors (Lipinski definition) is 4. The molecular formula is C28H46O4. The molecule has 0 aromatic carbocycles. The van der Waals surface area contributed by atoms with Crippen molar-refractivity contribution >= 4 is 11.9 Å². The highest BCUT2D eigenvalue weighted by atomic mass is 16.5. The van der Waals surface area contributed by atoms with Gasteiger partial charge in [0, 0.05) is 13.3 Å². The predicted molar refractivity (Wildman–Crippen MR) is 126 cm³/mol. The Hall–Kier alpha value is -1.06. The molecule has 0 bridgehead atoms. The van der Waals surface area contributed by atoms with Gasteiger partial charge in [-0.05, 0) is 117 Å². The quantitative estimate of drug-likeness (QED) is 0.434. The van der Waals surface area contributed by atoms with Crippen molar-refractivity contribution < 1.29 is 19.1 Å². The molecule has 0 saturated heterocycles. The van der Waals surface area contributed by atoms with Gasteiger partial charge in [0.25, 0.3) is 0 Å². The van der Waals surface area contributed by atoms with E-state index in [-0.39, 0.29) is 18.0 Å². The zero-order chi connectivity index (χ0) is 23.1. The second kappa shape index (κ2) is 9.29. The lowest BCUT2D eigenvalue weighted by atomic mass is 9.44. The maximum absolute atomic E-state index is 11.9. The summed E-state index contributed by atoms with van der Waals surface area (Å²) in [5.41, 5.74) is 0.863. The highest BCUT2D eigenvalue weighted by molar-refractivity contribution is 5.69. The first-order valence-electron chi connectivity index (χ1n) is 13.5. The molecule has 4 fully saturated rings. The number of ether oxygens (including phenoxy) is 2. The lowest BCUT2D eigenvalue weighted by Gasteiger charge is -2.61. The molecule has 4 rings (SSSR count). The van der Waals surface area contributed by atoms with Crippen LogP contribution in [-0.2, 0) is 19.1 Å². The second-order valence-corrected chi connectivity index (χ2v) is 12.2. The monoisotopic (exact) mass is 446 g/mol. The first-order chi connectivity index (χ1) is 15.2. The standard InChI is InChI=1S/C28H46O4/c1-6-31-26(30)12-7-18(2)23-10-11-24-22-9-8-20-17-21(32-19(3)29)13-15-27(20,4)25(22)14-16-28(23,24)5/h18,20-25H,6-17H2,1-5H3/t18-,20-,21-,22+,23-,24+,25+,27+,28-/m1/s1. The molecule has 32 heavy (non-hydrogen) atoms. The van der Waals surface area contributed by atoms with E-state index in [0.29, 0.717) is 35.7 Å². The Kier molecular flexibility index (Phi) is 6.99. The minimum atomic E-state index is -0.116. The molecule has 0 N–H and O–H groups in total. The number of rotatable bonds is 6. The molecular weight excluding hydrogens is 400 g/mol. The van der Waals surface area contributed by atoms with Gasteiger partial charge in [-0.3, -0.25) is 9.59 Å². The third-order valence-electron chi connectivity index (χ3n) is 10.8. The van der Waals surface area contributed by atoms with Gasteiger partial charge in [-0.15, -0.1) is 0 Å². The molecule has 4 nitrogen and oxygen atoms in total. The second-order valence-electron chi connectivity index (χ2n) is 12.2. The van der Waals surface area contributed by atoms with Crippen LogP contribution in [0.15, 0.2) is 0 Å². The van der Waals surface area contributed by atoms with E-state index >= 15 is 0 Å². The maximum Gasteiger partial charge on any atom is 0.305 e. The van der Waals surface area contributed by atoms with Crippen molar-refractivity contribution in [3.63, 3.8) is 0 Å². The Bertz CT molecular complexity index is 704. The maximum atomic E-state index is 11.9. The van der Waals surface area contributed by atoms with Crippen LogP contribution in [0, 0.1) is 46.3 Å². The van der Waals surface area contributed by atoms with Gasteiger partial charge in [-0.1, -0.05) is 20.8 Å². The van der Waals surface area contributed by atoms with Crippen LogP contribution >= 0.6 is 0 Å². The SMILES string of the molecule is CCOC(=O)CC[C@@H](C)[C@H]1CC[C@H]2[C@@H]3CC[C@@H]4C[C@H](OC(C)=O)CC[C@]4(C)[C@H]3CC[C@]12C. The molecule has 0 radical (unpaired) electrons. The van der Waals surface area contributed by atoms with Gasteiger partial charge in [0.05, 0.1) is 6.61 Å². The molecule has 0 amide bonds. The van der Waals surface area contributed by atoms with E-state index in [1.54, 1.807) is 6.92 Å². The lowest BCUT2D eigenvalue weighted by Crippen LogP contribution is -2.54. The molecule has 0 unspecified atom stereocenters. The van der Waals surface area contributed by atoms with Crippen LogP contribution in [0.4, 0.5) is 0 Å². The van der Waals surface area contributed by atoms with Crippen molar-refractivity contribution in [3.8, 4) is 0 Å². The fourth-order valence-corrected chi connectivity index (χ4v) is 9.32. The van der Waals surface area contributed by atoms with E-state index in [1.807, 2.05) is 6.92 Å². The Morgan fingerprint density at radius 1 is 0.969 bits per heavy atom. The van der Waals surface area contributed by atoms with Crippen LogP contribution in [0.5, 0.6) is 0 Å². The van der Waals surface area contributed by atoms with E-state index in [0.717, 1.165) is 42.9 Å². The van der Waals surface area contributed by atoms with Crippen molar-refractivity contribution in [2.45, 2.75) is 111 Å². The topological polar surface area (TPSA) is 52.6 Å². The summed E-state index contributed by atoms with van der Waals surface area (Å²) in [4.78, 5) is 23.4. The Morgan fingerprint density at radius 2 is 1.69 bits per heavy atom. The molecule has 0 spiro atoms. The highest BCUT2D eigenvalue weighted by Gasteiger charge is 2.60. The summed E-state index contributed by atoms with van der Waals surface area (Å²) in [5.74, 6) is 4.46. The van der Waals surface area contributed by atoms with Crippen molar-refractivity contribution in [3.05, 3.63) is 0 Å². The van der Waals surface area contributed by atoms with Gasteiger partial charge < -0.3 is 9.47 Å². The smallest absolute Gasteiger partial charge is 0.305 e. The van der Waals surface area contributed by atoms with Crippen molar-refractivity contribution in [1.29, 1.82) is 0 Å². The third kappa shape index (κ3) is 4.25. The van der Waals surface area contributed by atoms with Crippen molar-refractivity contribution in [1.82, 2.24) is 0 Å². The molecule has 0 aromatic rings. The summed E-state index contributed by atoms with van der Waals surface area (Å²) >= 11 is 0. The first-order valence-corrected chi connectivity index (χ1v) is 13.5. The number of fused-ring (bicyclic) bond motifs is 5. The van der Waals surface area contributed by atoms with Gasteiger partial charge >= 0.3 is 11.9 Å². The average Bonchev–Trinajstić information content (AvgIpc) is 3.09. The lowest BCUT2D eigenvalue weighted by molar-refractivity contribution is -0.160. The normalized spacial score (nSPS) is 44.0. The average molecular weight is 447 g/mol. The number of esters is 2. The molecule has 4 heteroatoms. The number of carbonyl (C=O) groups excluding carboxylic acids is 2. The number of hydrogen-bond donors (Lipinski definition) is 0. The zero-order valence-electron chi connectivity index (χ0n) is 21.2. The third-order valence-corrected chi connectivity index (χ3v) is 10.8. The van der Waals surface area contributed by atoms with E-state index in [9.17, 15) is 9.59 Å². The van der Waals surface area contributed by atoms with Crippen LogP contribution in [-0.4, -0.2) is 24.6 Å². The van der Waals surface area contributed by atoms with Crippen LogP contribution in [0.1, 0.15) is 105 Å². The highest BCUT2D eigenvalue weighted by Crippen LogP contribution is 2.68. The van der Waals surface area contributed by atoms with Crippen molar-refractivity contribution in [2.24, 2.45) is 46.3 Å². The summed E-state index contributed by atoms with van der Waals surface area (Å²) in [6.45, 7) is 11.5. The molecule has 0 aliphatic heterocycles. The summed E-state index contributed by atoms with van der Waals surface area (Å²) in [6.07, 6.45) is 13.1. The fraction of sp³-hybridized carbons (Fsp3) is 0.929. The van der Waals surface area contributed by atoms with Crippen LogP contribution < -0.4 is 0 Å². The van der Waals surface area contributed by atoms with Crippen LogP contribution in [0.3, 0.4) is 0 Å². The largest absolute Gasteiger partial charge is 0.466 e. The molecule has 0 heterocycles. The minimum absolute atomic E-state index is 0.0293. The number of carbonyl (C=O) groups is 2. The summed E-state index contributed by atoms with van der Waals surface area (Å²) in [7, 11) is 0. The Balaban J connectivity index is 1.42. The zero-order valence-corrected chi connectivity index (χ0v) is 21.2. The van der Waals surface area contributed by atoms with E-state index in [1.165, 1.54) is 44.9 Å². The summed E-state index contributed by atoms with van der Waals surface area (Å²) in [5, 5.41) is 0.